The van der Waals surface area contributed by atoms with Crippen molar-refractivity contribution in [1.29, 1.82) is 5.41 Å². The quantitative estimate of drug-likeness (QED) is 0.752. The third-order valence-electron chi connectivity index (χ3n) is 3.23. The Morgan fingerprint density at radius 1 is 1.44 bits per heavy atom. The molecule has 16 heavy (non-hydrogen) atoms. The number of nitrogens with zero attached hydrogens (tertiary/aromatic N) is 1. The van der Waals surface area contributed by atoms with Gasteiger partial charge in [0.1, 0.15) is 0 Å². The van der Waals surface area contributed by atoms with E-state index in [1.807, 2.05) is 13.0 Å². The number of allylic oxidation sites excluding steroid dienone is 2. The van der Waals surface area contributed by atoms with Gasteiger partial charge in [-0.25, -0.2) is 0 Å². The van der Waals surface area contributed by atoms with Gasteiger partial charge in [-0.15, -0.1) is 0 Å². The van der Waals surface area contributed by atoms with Crippen molar-refractivity contribution in [2.75, 3.05) is 18.5 Å². The summed E-state index contributed by atoms with van der Waals surface area (Å²) in [6.07, 6.45) is 5.79. The van der Waals surface area contributed by atoms with Gasteiger partial charge in [-0.1, -0.05) is 12.1 Å². The van der Waals surface area contributed by atoms with Crippen molar-refractivity contribution in [3.8, 4) is 0 Å². The second-order valence-electron chi connectivity index (χ2n) is 4.26. The van der Waals surface area contributed by atoms with Gasteiger partial charge in [0, 0.05) is 25.5 Å². The zero-order chi connectivity index (χ0) is 11.5. The first kappa shape index (κ1) is 10.9. The molecule has 1 aromatic carbocycles. The summed E-state index contributed by atoms with van der Waals surface area (Å²) < 4.78 is 0. The number of nitrogens with one attached hydrogen (secondary N) is 1. The Morgan fingerprint density at radius 3 is 2.94 bits per heavy atom. The summed E-state index contributed by atoms with van der Waals surface area (Å²) in [6, 6.07) is 6.52. The topological polar surface area (TPSA) is 27.1 Å². The number of aryl methyl sites for hydroxylation is 1. The van der Waals surface area contributed by atoms with Crippen LogP contribution in [0.4, 0.5) is 5.69 Å². The Morgan fingerprint density at radius 2 is 2.25 bits per heavy atom. The zero-order valence-electron chi connectivity index (χ0n) is 9.96. The fourth-order valence-corrected chi connectivity index (χ4v) is 2.30. The molecule has 0 unspecified atom stereocenters. The molecular weight excluding hydrogens is 196 g/mol. The summed E-state index contributed by atoms with van der Waals surface area (Å²) in [5.74, 6) is 0. The lowest BCUT2D eigenvalue weighted by atomic mass is 9.96. The molecule has 2 rings (SSSR count). The Balaban J connectivity index is 2.42. The number of benzene rings is 1. The highest BCUT2D eigenvalue weighted by Crippen LogP contribution is 2.28. The second-order valence-corrected chi connectivity index (χ2v) is 4.26. The van der Waals surface area contributed by atoms with E-state index in [1.165, 1.54) is 23.9 Å². The van der Waals surface area contributed by atoms with Crippen molar-refractivity contribution < 1.29 is 0 Å². The van der Waals surface area contributed by atoms with Crippen molar-refractivity contribution in [3.05, 3.63) is 35.4 Å². The van der Waals surface area contributed by atoms with Crippen LogP contribution in [0.15, 0.2) is 24.3 Å². The van der Waals surface area contributed by atoms with Crippen LogP contribution >= 0.6 is 0 Å². The molecule has 0 fully saturated rings. The van der Waals surface area contributed by atoms with E-state index in [0.29, 0.717) is 0 Å². The van der Waals surface area contributed by atoms with Crippen LogP contribution < -0.4 is 4.90 Å². The average molecular weight is 214 g/mol. The highest BCUT2D eigenvalue weighted by Gasteiger charge is 2.13. The monoisotopic (exact) mass is 214 g/mol. The van der Waals surface area contributed by atoms with Crippen molar-refractivity contribution in [2.45, 2.75) is 19.8 Å². The predicted octanol–water partition coefficient (Wildman–Crippen LogP) is 3.12. The van der Waals surface area contributed by atoms with E-state index in [2.05, 4.69) is 30.1 Å². The van der Waals surface area contributed by atoms with E-state index in [4.69, 9.17) is 5.41 Å². The third-order valence-corrected chi connectivity index (χ3v) is 3.23. The molecule has 1 heterocycles. The van der Waals surface area contributed by atoms with Gasteiger partial charge in [-0.05, 0) is 48.6 Å². The lowest BCUT2D eigenvalue weighted by Gasteiger charge is -2.27. The van der Waals surface area contributed by atoms with Gasteiger partial charge < -0.3 is 10.3 Å². The van der Waals surface area contributed by atoms with Crippen LogP contribution in [0.2, 0.25) is 0 Å². The fourth-order valence-electron chi connectivity index (χ4n) is 2.30. The maximum atomic E-state index is 7.37. The SMILES string of the molecule is C/C=C(\C=N)c1ccc2c(c1)CCCN2C. The fraction of sp³-hybridized carbons (Fsp3) is 0.357. The van der Waals surface area contributed by atoms with Crippen LogP contribution in [0.5, 0.6) is 0 Å². The van der Waals surface area contributed by atoms with Crippen molar-refractivity contribution >= 4 is 17.5 Å². The van der Waals surface area contributed by atoms with Gasteiger partial charge in [-0.3, -0.25) is 0 Å². The number of rotatable bonds is 2. The molecule has 84 valence electrons. The molecule has 0 spiro atoms. The van der Waals surface area contributed by atoms with E-state index >= 15 is 0 Å². The predicted molar refractivity (Wildman–Crippen MR) is 70.5 cm³/mol. The van der Waals surface area contributed by atoms with Gasteiger partial charge in [0.2, 0.25) is 0 Å². The molecule has 0 aromatic heterocycles. The van der Waals surface area contributed by atoms with Crippen molar-refractivity contribution in [3.63, 3.8) is 0 Å². The van der Waals surface area contributed by atoms with Gasteiger partial charge in [0.15, 0.2) is 0 Å². The van der Waals surface area contributed by atoms with Crippen LogP contribution in [-0.4, -0.2) is 19.8 Å². The molecule has 0 atom stereocenters. The zero-order valence-corrected chi connectivity index (χ0v) is 9.96. The summed E-state index contributed by atoms with van der Waals surface area (Å²) in [5, 5.41) is 7.37. The highest BCUT2D eigenvalue weighted by atomic mass is 15.1. The molecule has 0 bridgehead atoms. The van der Waals surface area contributed by atoms with Crippen LogP contribution in [0.25, 0.3) is 5.57 Å². The summed E-state index contributed by atoms with van der Waals surface area (Å²) in [5.41, 5.74) is 4.91. The van der Waals surface area contributed by atoms with Gasteiger partial charge in [0.05, 0.1) is 0 Å². The molecule has 0 aliphatic carbocycles. The standard InChI is InChI=1S/C14H18N2/c1-3-11(10-15)12-6-7-14-13(9-12)5-4-8-16(14)2/h3,6-7,9-10,15H,4-5,8H2,1-2H3/b11-3+,15-10?. The van der Waals surface area contributed by atoms with Gasteiger partial charge in [-0.2, -0.15) is 0 Å². The molecule has 2 nitrogen and oxygen atoms in total. The Kier molecular flexibility index (Phi) is 3.09. The van der Waals surface area contributed by atoms with Crippen molar-refractivity contribution in [2.24, 2.45) is 0 Å². The van der Waals surface area contributed by atoms with Crippen LogP contribution in [0.1, 0.15) is 24.5 Å². The first-order chi connectivity index (χ1) is 7.76. The molecule has 1 N–H and O–H groups in total. The van der Waals surface area contributed by atoms with E-state index in [-0.39, 0.29) is 0 Å². The Hall–Kier alpha value is -1.57. The van der Waals surface area contributed by atoms with E-state index in [9.17, 15) is 0 Å². The first-order valence-electron chi connectivity index (χ1n) is 5.77. The van der Waals surface area contributed by atoms with Crippen LogP contribution in [0.3, 0.4) is 0 Å². The van der Waals surface area contributed by atoms with E-state index in [1.54, 1.807) is 0 Å². The molecular formula is C14H18N2. The minimum Gasteiger partial charge on any atom is -0.374 e. The lowest BCUT2D eigenvalue weighted by Crippen LogP contribution is -2.24. The Labute approximate surface area is 97.1 Å². The Bertz CT molecular complexity index is 432. The minimum atomic E-state index is 0.996. The summed E-state index contributed by atoms with van der Waals surface area (Å²) in [6.45, 7) is 3.12. The largest absolute Gasteiger partial charge is 0.374 e. The van der Waals surface area contributed by atoms with E-state index in [0.717, 1.165) is 24.1 Å². The summed E-state index contributed by atoms with van der Waals surface area (Å²) in [7, 11) is 2.14. The number of hydrogen-bond donors (Lipinski definition) is 1. The number of anilines is 1. The summed E-state index contributed by atoms with van der Waals surface area (Å²) >= 11 is 0. The molecule has 0 saturated carbocycles. The smallest absolute Gasteiger partial charge is 0.0396 e. The normalized spacial score (nSPS) is 15.9. The lowest BCUT2D eigenvalue weighted by molar-refractivity contribution is 0.744. The molecule has 1 aliphatic heterocycles. The average Bonchev–Trinajstić information content (AvgIpc) is 2.31. The maximum Gasteiger partial charge on any atom is 0.0396 e. The number of fused-ring (bicyclic) bond motifs is 1. The highest BCUT2D eigenvalue weighted by molar-refractivity contribution is 6.08. The summed E-state index contributed by atoms with van der Waals surface area (Å²) in [4.78, 5) is 2.31. The maximum absolute atomic E-state index is 7.37. The van der Waals surface area contributed by atoms with Crippen molar-refractivity contribution in [1.82, 2.24) is 0 Å². The van der Waals surface area contributed by atoms with Crippen LogP contribution in [0, 0.1) is 5.41 Å². The van der Waals surface area contributed by atoms with Gasteiger partial charge >= 0.3 is 0 Å². The molecule has 0 saturated heterocycles. The van der Waals surface area contributed by atoms with Crippen LogP contribution in [-0.2, 0) is 6.42 Å². The third kappa shape index (κ3) is 1.87. The molecule has 1 aromatic rings. The molecule has 2 heteroatoms. The molecule has 0 radical (unpaired) electrons. The minimum absolute atomic E-state index is 0.996. The van der Waals surface area contributed by atoms with E-state index < -0.39 is 0 Å². The second kappa shape index (κ2) is 4.52. The molecule has 0 amide bonds. The number of hydrogen-bond acceptors (Lipinski definition) is 2. The first-order valence-corrected chi connectivity index (χ1v) is 5.77. The molecule has 1 aliphatic rings. The van der Waals surface area contributed by atoms with Gasteiger partial charge in [0.25, 0.3) is 0 Å².